The molecule has 13 aliphatic rings. The molecule has 0 aliphatic carbocycles. The lowest BCUT2D eigenvalue weighted by atomic mass is 10.1. The molecule has 134 heavy (non-hydrogen) atoms. The van der Waals surface area contributed by atoms with Crippen molar-refractivity contribution in [2.45, 2.75) is 256 Å². The highest BCUT2D eigenvalue weighted by Gasteiger charge is 2.54. The Balaban J connectivity index is 0.537. The van der Waals surface area contributed by atoms with Gasteiger partial charge in [-0.15, -0.1) is 0 Å². The Morgan fingerprint density at radius 1 is 0.269 bits per heavy atom. The number of β-amino-alcohol motifs (C(OH)–C–C–N with tert-alkyl or cyclic N) is 6. The lowest BCUT2D eigenvalue weighted by molar-refractivity contribution is -0.148. The van der Waals surface area contributed by atoms with Crippen molar-refractivity contribution in [1.29, 1.82) is 0 Å². The Kier molecular flexibility index (Phi) is 33.1. The quantitative estimate of drug-likeness (QED) is 0.0306. The number of carbonyl (C=O) groups excluding carboxylic acids is 20. The number of likely N-dealkylation sites (tertiary alicyclic amines) is 13. The van der Waals surface area contributed by atoms with Crippen molar-refractivity contribution in [2.24, 2.45) is 5.73 Å². The molecule has 20 atom stereocenters. The summed E-state index contributed by atoms with van der Waals surface area (Å²) in [6.07, 6.45) is -2.24. The minimum Gasteiger partial charge on any atom is -0.480 e. The first kappa shape index (κ1) is 100. The van der Waals surface area contributed by atoms with Gasteiger partial charge < -0.3 is 142 Å². The number of nitrogens with two attached hydrogens (primary N) is 1. The molecule has 50 heteroatoms. The van der Waals surface area contributed by atoms with Crippen LogP contribution in [0.25, 0.3) is 0 Å². The minimum atomic E-state index is -1.33. The summed E-state index contributed by atoms with van der Waals surface area (Å²) in [5.41, 5.74) is 6.13. The van der Waals surface area contributed by atoms with Gasteiger partial charge in [-0.25, -0.2) is 0 Å². The molecule has 0 radical (unpaired) electrons. The number of nitrogens with one attached hydrogen (secondary N) is 7. The smallest absolute Gasteiger partial charge is 0.322 e. The van der Waals surface area contributed by atoms with Crippen LogP contribution in [0.1, 0.15) is 135 Å². The second-order valence-electron chi connectivity index (χ2n) is 36.8. The number of hydrogen-bond donors (Lipinski definition) is 15. The van der Waals surface area contributed by atoms with E-state index in [1.807, 2.05) is 6.26 Å². The monoisotopic (exact) mass is 1910 g/mol. The van der Waals surface area contributed by atoms with Crippen molar-refractivity contribution in [3.63, 3.8) is 0 Å². The number of carbonyl (C=O) groups is 21. The maximum absolute atomic E-state index is 14.5. The van der Waals surface area contributed by atoms with Crippen LogP contribution in [0.3, 0.4) is 0 Å². The van der Waals surface area contributed by atoms with Crippen LogP contribution < -0.4 is 43.0 Å². The van der Waals surface area contributed by atoms with Gasteiger partial charge in [-0.3, -0.25) is 101 Å². The molecule has 49 nitrogen and oxygen atoms in total. The minimum absolute atomic E-state index is 0.0211. The van der Waals surface area contributed by atoms with E-state index in [-0.39, 0.29) is 161 Å². The first-order valence-electron chi connectivity index (χ1n) is 46.3. The molecule has 0 spiro atoms. The largest absolute Gasteiger partial charge is 0.480 e. The SMILES string of the molecule is CSCC[C@H](N)C(=O)N1CCC[C@H]1C(=O)NCC(=O)N1C[C@H](O)C[C@H]1C(=O)N1CCC[C@H]1C(=O)NCC(=O)N1C[C@H](O)C[C@H]1C(=O)N1CCC[C@H]1C(=O)NCC(=O)N1C[C@H](O)C[C@H]1C(=O)N1CCC[C@H]1C(=O)NCC(=O)N1C[C@H](O)C[C@H]1C(=O)N1CCC[C@H]1C(=O)NCC(=O)N1C[C@H](O)C[C@H]1C(=O)N1CCC[C@H]1C(=O)NCC(=O)N1C[C@H](O)C[C@H]1C(=O)N1CCC[C@H]1C(=O)NCC(=O)O. The number of aliphatic carboxylic acids is 1. The summed E-state index contributed by atoms with van der Waals surface area (Å²) >= 11 is 1.53. The summed E-state index contributed by atoms with van der Waals surface area (Å²) in [5.74, 6) is -14.8. The zero-order chi connectivity index (χ0) is 96.5. The second kappa shape index (κ2) is 44.2. The third-order valence-corrected chi connectivity index (χ3v) is 28.7. The number of carboxylic acids is 1. The summed E-state index contributed by atoms with van der Waals surface area (Å²) in [6.45, 7) is -5.86. The van der Waals surface area contributed by atoms with Crippen LogP contribution in [0.5, 0.6) is 0 Å². The van der Waals surface area contributed by atoms with Gasteiger partial charge in [0.25, 0.3) is 0 Å². The van der Waals surface area contributed by atoms with Crippen molar-refractivity contribution < 1.29 is 136 Å². The fraction of sp³-hybridized carbons (Fsp3) is 0.750. The Labute approximate surface area is 774 Å². The second-order valence-corrected chi connectivity index (χ2v) is 37.8. The van der Waals surface area contributed by atoms with Crippen LogP contribution in [0.4, 0.5) is 0 Å². The molecular weight excluding hydrogens is 1780 g/mol. The van der Waals surface area contributed by atoms with Crippen LogP contribution in [0.2, 0.25) is 0 Å². The topological polar surface area (TPSA) is 652 Å². The van der Waals surface area contributed by atoms with E-state index >= 15 is 0 Å². The first-order valence-corrected chi connectivity index (χ1v) is 47.7. The number of hydrogen-bond acceptors (Lipinski definition) is 29. The van der Waals surface area contributed by atoms with Crippen LogP contribution >= 0.6 is 11.8 Å². The van der Waals surface area contributed by atoms with Gasteiger partial charge >= 0.3 is 5.97 Å². The molecule has 16 N–H and O–H groups in total. The molecule has 20 amide bonds. The summed E-state index contributed by atoms with van der Waals surface area (Å²) in [6, 6.07) is -16.1. The molecular formula is C84H123N21O28S. The highest BCUT2D eigenvalue weighted by atomic mass is 32.2. The molecule has 13 aliphatic heterocycles. The van der Waals surface area contributed by atoms with E-state index in [2.05, 4.69) is 37.2 Å². The lowest BCUT2D eigenvalue weighted by Gasteiger charge is -2.32. The molecule has 738 valence electrons. The van der Waals surface area contributed by atoms with Gasteiger partial charge in [0, 0.05) is 124 Å². The number of thioether (sulfide) groups is 1. The van der Waals surface area contributed by atoms with Gasteiger partial charge in [0.05, 0.1) is 81.9 Å². The fourth-order valence-corrected chi connectivity index (χ4v) is 21.9. The number of amides is 20. The van der Waals surface area contributed by atoms with E-state index in [0.717, 1.165) is 29.4 Å². The predicted molar refractivity (Wildman–Crippen MR) is 460 cm³/mol. The third kappa shape index (κ3) is 22.5. The summed E-state index contributed by atoms with van der Waals surface area (Å²) in [5, 5.41) is 91.5. The maximum Gasteiger partial charge on any atom is 0.322 e. The lowest BCUT2D eigenvalue weighted by Crippen LogP contribution is -2.57. The van der Waals surface area contributed by atoms with Crippen LogP contribution in [-0.4, -0.2) is 488 Å². The number of carboxylic acid groups (broad SMARTS) is 1. The van der Waals surface area contributed by atoms with Crippen molar-refractivity contribution in [2.75, 3.05) is 143 Å². The average Bonchev–Trinajstić information content (AvgIpc) is 1.66. The molecule has 0 aromatic carbocycles. The molecule has 13 heterocycles. The van der Waals surface area contributed by atoms with Crippen molar-refractivity contribution >= 4 is 136 Å². The highest BCUT2D eigenvalue weighted by molar-refractivity contribution is 7.98. The van der Waals surface area contributed by atoms with E-state index in [9.17, 15) is 131 Å². The van der Waals surface area contributed by atoms with Gasteiger partial charge in [0.1, 0.15) is 85.1 Å². The van der Waals surface area contributed by atoms with Crippen molar-refractivity contribution in [3.05, 3.63) is 0 Å². The normalized spacial score (nSPS) is 29.8. The fourth-order valence-electron chi connectivity index (χ4n) is 21.4. The zero-order valence-electron chi connectivity index (χ0n) is 74.7. The van der Waals surface area contributed by atoms with Gasteiger partial charge in [0.15, 0.2) is 0 Å². The third-order valence-electron chi connectivity index (χ3n) is 28.0. The number of aliphatic hydroxyl groups excluding tert-OH is 6. The van der Waals surface area contributed by atoms with Gasteiger partial charge in [-0.05, 0) is 108 Å². The number of nitrogens with zero attached hydrogens (tertiary/aromatic N) is 13. The standard InChI is InChI=1S/C84H123N21O28S/c1-134-24-16-50(85)78(127)93-17-2-9-51(93)71(120)86-31-64(112)100-38-44(106)25-58(100)79(128)94-18-3-10-52(94)72(121)87-32-65(113)101-39-45(107)26-59(101)80(129)95-19-4-11-53(95)73(122)88-33-66(114)102-40-46(108)27-60(102)81(130)96-20-5-12-54(96)74(123)89-34-67(115)103-41-47(109)28-61(103)82(131)97-21-6-13-55(97)75(124)90-35-68(116)104-42-48(110)29-62(104)83(132)98-22-7-14-56(98)76(125)91-36-69(117)105-43-49(111)30-63(105)84(133)99-23-8-15-57(99)77(126)92-37-70(118)119/h44-63,106-111H,2-43,85H2,1H3,(H,86,120)(H,87,121)(H,88,122)(H,89,123)(H,90,124)(H,91,125)(H,92,126)(H,118,119)/t44-,45-,46-,47-,48-,49-,50+,51+,52+,53+,54+,55+,56+,57+,58+,59+,60+,61+,62+,63+/m1/s1. The zero-order valence-corrected chi connectivity index (χ0v) is 75.6. The predicted octanol–water partition coefficient (Wildman–Crippen LogP) is -12.3. The maximum atomic E-state index is 14.5. The molecule has 0 aromatic rings. The summed E-state index contributed by atoms with van der Waals surface area (Å²) in [4.78, 5) is 305. The van der Waals surface area contributed by atoms with E-state index in [1.165, 1.54) is 46.1 Å². The highest BCUT2D eigenvalue weighted by Crippen LogP contribution is 2.34. The first-order chi connectivity index (χ1) is 63.9. The molecule has 13 saturated heterocycles. The van der Waals surface area contributed by atoms with E-state index in [4.69, 9.17) is 10.8 Å². The van der Waals surface area contributed by atoms with E-state index < -0.39 is 285 Å². The summed E-state index contributed by atoms with van der Waals surface area (Å²) in [7, 11) is 0. The Bertz CT molecular complexity index is 4500. The van der Waals surface area contributed by atoms with Gasteiger partial charge in [-0.1, -0.05) is 0 Å². The van der Waals surface area contributed by atoms with Crippen molar-refractivity contribution in [1.82, 2.24) is 101 Å². The van der Waals surface area contributed by atoms with Crippen LogP contribution in [0, 0.1) is 0 Å². The number of aliphatic hydroxyl groups is 6. The molecule has 13 rings (SSSR count). The molecule has 13 fully saturated rings. The van der Waals surface area contributed by atoms with Gasteiger partial charge in [-0.2, -0.15) is 11.8 Å². The average molecular weight is 1910 g/mol. The summed E-state index contributed by atoms with van der Waals surface area (Å²) < 4.78 is 0. The molecule has 0 aromatic heterocycles. The van der Waals surface area contributed by atoms with Crippen LogP contribution in [0.15, 0.2) is 0 Å². The number of rotatable bonds is 31. The Morgan fingerprint density at radius 3 is 0.619 bits per heavy atom. The molecule has 0 bridgehead atoms. The van der Waals surface area contributed by atoms with E-state index in [1.54, 1.807) is 0 Å². The molecule has 0 unspecified atom stereocenters. The molecule has 0 saturated carbocycles. The van der Waals surface area contributed by atoms with Gasteiger partial charge in [0.2, 0.25) is 118 Å². The Morgan fingerprint density at radius 2 is 0.440 bits per heavy atom. The Hall–Kier alpha value is -11.1. The van der Waals surface area contributed by atoms with Crippen molar-refractivity contribution in [3.8, 4) is 0 Å². The van der Waals surface area contributed by atoms with E-state index in [0.29, 0.717) is 70.1 Å². The van der Waals surface area contributed by atoms with Crippen LogP contribution in [-0.2, 0) is 101 Å².